The largest absolute Gasteiger partial charge is 0.369 e. The van der Waals surface area contributed by atoms with Crippen molar-refractivity contribution in [2.24, 2.45) is 11.7 Å². The zero-order valence-electron chi connectivity index (χ0n) is 18.0. The van der Waals surface area contributed by atoms with Gasteiger partial charge in [-0.1, -0.05) is 12.8 Å². The molecule has 11 heteroatoms. The normalized spacial score (nSPS) is 34.3. The van der Waals surface area contributed by atoms with Gasteiger partial charge in [-0.25, -0.2) is 8.42 Å². The maximum Gasteiger partial charge on any atom is 0.224 e. The van der Waals surface area contributed by atoms with Crippen LogP contribution in [0, 0.1) is 5.92 Å². The molecule has 1 aliphatic carbocycles. The summed E-state index contributed by atoms with van der Waals surface area (Å²) in [6.45, 7) is 4.93. The van der Waals surface area contributed by atoms with Crippen molar-refractivity contribution in [1.82, 2.24) is 25.8 Å². The fraction of sp³-hybridized carbons (Fsp3) is 0.895. The van der Waals surface area contributed by atoms with Crippen LogP contribution in [-0.4, -0.2) is 92.8 Å². The molecule has 0 bridgehead atoms. The van der Waals surface area contributed by atoms with Gasteiger partial charge in [-0.3, -0.25) is 30.4 Å². The van der Waals surface area contributed by atoms with Crippen LogP contribution in [0.25, 0.3) is 0 Å². The fourth-order valence-electron chi connectivity index (χ4n) is 4.91. The lowest BCUT2D eigenvalue weighted by molar-refractivity contribution is -0.129. The number of nitrogens with one attached hydrogen (secondary N) is 3. The van der Waals surface area contributed by atoms with Gasteiger partial charge in [0.05, 0.1) is 17.3 Å². The van der Waals surface area contributed by atoms with E-state index < -0.39 is 33.1 Å². The third-order valence-corrected chi connectivity index (χ3v) is 8.29. The lowest BCUT2D eigenvalue weighted by Crippen LogP contribution is -2.72. The van der Waals surface area contributed by atoms with Gasteiger partial charge in [0.2, 0.25) is 11.8 Å². The minimum Gasteiger partial charge on any atom is -0.369 e. The Morgan fingerprint density at radius 1 is 1.07 bits per heavy atom. The molecule has 5 N–H and O–H groups in total. The number of nitrogens with two attached hydrogens (primary N) is 1. The Bertz CT molecular complexity index is 733. The number of primary amides is 1. The molecule has 3 aliphatic rings. The lowest BCUT2D eigenvalue weighted by Gasteiger charge is -2.44. The number of sulfone groups is 1. The average molecular weight is 445 g/mol. The molecule has 2 saturated heterocycles. The first-order valence-electron chi connectivity index (χ1n) is 10.9. The van der Waals surface area contributed by atoms with Crippen LogP contribution in [-0.2, 0) is 19.4 Å². The van der Waals surface area contributed by atoms with Gasteiger partial charge in [-0.2, -0.15) is 0 Å². The van der Waals surface area contributed by atoms with E-state index in [4.69, 9.17) is 5.73 Å². The highest BCUT2D eigenvalue weighted by Crippen LogP contribution is 2.25. The molecule has 3 fully saturated rings. The predicted octanol–water partition coefficient (Wildman–Crippen LogP) is -1.61. The molecule has 0 aromatic heterocycles. The van der Waals surface area contributed by atoms with Crippen LogP contribution in [0.4, 0.5) is 0 Å². The fourth-order valence-corrected chi connectivity index (χ4v) is 6.31. The van der Waals surface area contributed by atoms with Crippen molar-refractivity contribution in [2.75, 3.05) is 39.0 Å². The number of hydrogen-bond donors (Lipinski definition) is 4. The third-order valence-electron chi connectivity index (χ3n) is 6.62. The summed E-state index contributed by atoms with van der Waals surface area (Å²) in [7, 11) is -3.19. The standard InChI is InChI=1S/C19H36N6O4S/c1-13(26)24-8-5-9-25(11-10-24)19-21-12-14(17(20)27)18(23-19)22-15-6-3-4-7-16(15)30(2,28)29/h14-16,18-19,21-23H,3-12H2,1-2H3,(H2,20,27). The molecule has 2 amide bonds. The second-order valence-corrected chi connectivity index (χ2v) is 11.0. The number of carbonyl (C=O) groups is 2. The van der Waals surface area contributed by atoms with Gasteiger partial charge in [-0.15, -0.1) is 0 Å². The molecule has 0 spiro atoms. The summed E-state index contributed by atoms with van der Waals surface area (Å²) in [6.07, 6.45) is 4.84. The minimum atomic E-state index is -3.19. The van der Waals surface area contributed by atoms with E-state index >= 15 is 0 Å². The van der Waals surface area contributed by atoms with Crippen molar-refractivity contribution < 1.29 is 18.0 Å². The summed E-state index contributed by atoms with van der Waals surface area (Å²) >= 11 is 0. The van der Waals surface area contributed by atoms with Crippen molar-refractivity contribution in [2.45, 2.75) is 62.8 Å². The Hall–Kier alpha value is -1.27. The number of amides is 2. The zero-order valence-corrected chi connectivity index (χ0v) is 18.8. The number of carbonyl (C=O) groups excluding carboxylic acids is 2. The summed E-state index contributed by atoms with van der Waals surface area (Å²) in [4.78, 5) is 27.8. The molecular formula is C19H36N6O4S. The highest BCUT2D eigenvalue weighted by atomic mass is 32.2. The molecule has 2 heterocycles. The average Bonchev–Trinajstić information content (AvgIpc) is 2.94. The third kappa shape index (κ3) is 5.70. The quantitative estimate of drug-likeness (QED) is 0.398. The summed E-state index contributed by atoms with van der Waals surface area (Å²) in [5.74, 6) is -0.820. The molecule has 0 aromatic carbocycles. The molecule has 0 radical (unpaired) electrons. The Morgan fingerprint density at radius 3 is 2.47 bits per heavy atom. The summed E-state index contributed by atoms with van der Waals surface area (Å²) in [5, 5.41) is 9.79. The second-order valence-electron chi connectivity index (χ2n) is 8.79. The molecule has 10 nitrogen and oxygen atoms in total. The molecule has 30 heavy (non-hydrogen) atoms. The molecule has 1 saturated carbocycles. The lowest BCUT2D eigenvalue weighted by atomic mass is 9.93. The van der Waals surface area contributed by atoms with Crippen LogP contribution in [0.2, 0.25) is 0 Å². The van der Waals surface area contributed by atoms with Crippen LogP contribution >= 0.6 is 0 Å². The molecule has 172 valence electrons. The van der Waals surface area contributed by atoms with Crippen molar-refractivity contribution in [3.8, 4) is 0 Å². The van der Waals surface area contributed by atoms with Crippen molar-refractivity contribution in [1.29, 1.82) is 0 Å². The Balaban J connectivity index is 1.69. The Labute approximate surface area is 179 Å². The number of nitrogens with zero attached hydrogens (tertiary/aromatic N) is 2. The van der Waals surface area contributed by atoms with Gasteiger partial charge in [0.25, 0.3) is 0 Å². The van der Waals surface area contributed by atoms with Crippen molar-refractivity contribution in [3.05, 3.63) is 0 Å². The van der Waals surface area contributed by atoms with E-state index in [-0.39, 0.29) is 18.2 Å². The molecule has 5 atom stereocenters. The number of rotatable bonds is 5. The topological polar surface area (TPSA) is 137 Å². The van der Waals surface area contributed by atoms with Crippen LogP contribution in [0.3, 0.4) is 0 Å². The van der Waals surface area contributed by atoms with E-state index in [1.165, 1.54) is 6.26 Å². The van der Waals surface area contributed by atoms with Gasteiger partial charge in [0, 0.05) is 51.9 Å². The highest BCUT2D eigenvalue weighted by molar-refractivity contribution is 7.91. The summed E-state index contributed by atoms with van der Waals surface area (Å²) in [5.41, 5.74) is 5.65. The monoisotopic (exact) mass is 444 g/mol. The molecule has 0 aromatic rings. The summed E-state index contributed by atoms with van der Waals surface area (Å²) in [6, 6.07) is -0.204. The highest BCUT2D eigenvalue weighted by Gasteiger charge is 2.40. The van der Waals surface area contributed by atoms with E-state index in [2.05, 4.69) is 20.9 Å². The molecule has 3 rings (SSSR count). The number of hydrogen-bond acceptors (Lipinski definition) is 8. The van der Waals surface area contributed by atoms with Gasteiger partial charge in [0.1, 0.15) is 6.29 Å². The van der Waals surface area contributed by atoms with Crippen molar-refractivity contribution in [3.63, 3.8) is 0 Å². The van der Waals surface area contributed by atoms with Crippen LogP contribution in [0.15, 0.2) is 0 Å². The smallest absolute Gasteiger partial charge is 0.224 e. The van der Waals surface area contributed by atoms with Crippen molar-refractivity contribution >= 4 is 21.7 Å². The van der Waals surface area contributed by atoms with E-state index in [0.29, 0.717) is 26.1 Å². The van der Waals surface area contributed by atoms with E-state index in [9.17, 15) is 18.0 Å². The van der Waals surface area contributed by atoms with Gasteiger partial charge in [-0.05, 0) is 19.3 Å². The minimum absolute atomic E-state index is 0.0823. The maximum atomic E-state index is 12.3. The first-order chi connectivity index (χ1) is 14.2. The molecule has 5 unspecified atom stereocenters. The van der Waals surface area contributed by atoms with Crippen LogP contribution < -0.4 is 21.7 Å². The summed E-state index contributed by atoms with van der Waals surface area (Å²) < 4.78 is 24.6. The molecule has 2 aliphatic heterocycles. The van der Waals surface area contributed by atoms with Gasteiger partial charge < -0.3 is 10.6 Å². The maximum absolute atomic E-state index is 12.3. The Kier molecular flexibility index (Phi) is 7.72. The molecular weight excluding hydrogens is 408 g/mol. The first-order valence-corrected chi connectivity index (χ1v) is 12.9. The predicted molar refractivity (Wildman–Crippen MR) is 114 cm³/mol. The van der Waals surface area contributed by atoms with E-state index in [0.717, 1.165) is 38.8 Å². The van der Waals surface area contributed by atoms with E-state index in [1.807, 2.05) is 4.90 Å². The van der Waals surface area contributed by atoms with Gasteiger partial charge >= 0.3 is 0 Å². The van der Waals surface area contributed by atoms with Gasteiger partial charge in [0.15, 0.2) is 9.84 Å². The zero-order chi connectivity index (χ0) is 21.9. The first kappa shape index (κ1) is 23.4. The van der Waals surface area contributed by atoms with Crippen LogP contribution in [0.5, 0.6) is 0 Å². The SMILES string of the molecule is CC(=O)N1CCCN(C2NCC(C(N)=O)C(NC3CCCCC3S(C)(=O)=O)N2)CC1. The second kappa shape index (κ2) is 9.90. The van der Waals surface area contributed by atoms with Crippen LogP contribution in [0.1, 0.15) is 39.0 Å². The van der Waals surface area contributed by atoms with E-state index in [1.54, 1.807) is 6.92 Å². The Morgan fingerprint density at radius 2 is 1.80 bits per heavy atom.